The molecule has 0 atom stereocenters. The Kier molecular flexibility index (Phi) is 6.91. The standard InChI is InChI=1S/C33H39N5O3/c1-23-19-28-27(35-31(39)29-21-34-30(38(28)29)25-7-17-41-18-8-25)20-26(23)32(40)37-15-11-33(12-16-37)9-13-36(14-10-33)22-24-5-3-2-4-6-24/h2-6,19-21,25H,7-18,22H2,1H3,(H,35,39). The first-order chi connectivity index (χ1) is 20.0. The number of aryl methyl sites for hydroxylation is 1. The van der Waals surface area contributed by atoms with E-state index in [1.54, 1.807) is 6.20 Å². The molecule has 0 saturated carbocycles. The maximum absolute atomic E-state index is 13.8. The van der Waals surface area contributed by atoms with Crippen LogP contribution >= 0.6 is 0 Å². The second-order valence-electron chi connectivity index (χ2n) is 12.4. The van der Waals surface area contributed by atoms with Crippen LogP contribution in [0.2, 0.25) is 0 Å². The number of amides is 1. The van der Waals surface area contributed by atoms with Crippen LogP contribution in [0.3, 0.4) is 0 Å². The molecular weight excluding hydrogens is 514 g/mol. The first-order valence-corrected chi connectivity index (χ1v) is 15.2. The minimum absolute atomic E-state index is 0.0667. The number of nitrogens with one attached hydrogen (secondary N) is 1. The number of ether oxygens (including phenoxy) is 1. The number of carbonyl (C=O) groups excluding carboxylic acids is 1. The van der Waals surface area contributed by atoms with E-state index >= 15 is 0 Å². The predicted octanol–water partition coefficient (Wildman–Crippen LogP) is 4.90. The molecule has 1 N–H and O–H groups in total. The van der Waals surface area contributed by atoms with Gasteiger partial charge in [-0.05, 0) is 87.2 Å². The number of H-pyrrole nitrogens is 1. The van der Waals surface area contributed by atoms with Crippen LogP contribution in [0.5, 0.6) is 0 Å². The fourth-order valence-electron chi connectivity index (χ4n) is 7.30. The largest absolute Gasteiger partial charge is 0.381 e. The lowest BCUT2D eigenvalue weighted by molar-refractivity contribution is 0.0285. The van der Waals surface area contributed by atoms with Crippen molar-refractivity contribution < 1.29 is 9.53 Å². The smallest absolute Gasteiger partial charge is 0.274 e. The second kappa shape index (κ2) is 10.7. The van der Waals surface area contributed by atoms with Crippen LogP contribution in [0, 0.1) is 12.3 Å². The molecule has 8 heteroatoms. The molecule has 1 spiro atoms. The number of hydrogen-bond donors (Lipinski definition) is 1. The number of likely N-dealkylation sites (tertiary alicyclic amines) is 2. The van der Waals surface area contributed by atoms with Crippen LogP contribution in [0.25, 0.3) is 16.6 Å². The van der Waals surface area contributed by atoms with Crippen molar-refractivity contribution in [2.75, 3.05) is 39.4 Å². The third-order valence-corrected chi connectivity index (χ3v) is 9.95. The monoisotopic (exact) mass is 553 g/mol. The van der Waals surface area contributed by atoms with Gasteiger partial charge in [0.05, 0.1) is 17.2 Å². The zero-order valence-electron chi connectivity index (χ0n) is 23.9. The van der Waals surface area contributed by atoms with Crippen molar-refractivity contribution in [3.05, 3.63) is 81.5 Å². The van der Waals surface area contributed by atoms with Crippen LogP contribution < -0.4 is 5.56 Å². The molecule has 5 heterocycles. The average molecular weight is 554 g/mol. The Morgan fingerprint density at radius 1 is 1.00 bits per heavy atom. The summed E-state index contributed by atoms with van der Waals surface area (Å²) in [6, 6.07) is 14.7. The highest BCUT2D eigenvalue weighted by Gasteiger charge is 2.39. The van der Waals surface area contributed by atoms with Crippen molar-refractivity contribution in [2.45, 2.75) is 57.9 Å². The molecule has 214 valence electrons. The Labute approximate surface area is 240 Å². The highest BCUT2D eigenvalue weighted by molar-refractivity contribution is 5.99. The summed E-state index contributed by atoms with van der Waals surface area (Å²) in [5, 5.41) is 0. The number of aromatic nitrogens is 3. The van der Waals surface area contributed by atoms with Gasteiger partial charge in [0, 0.05) is 44.3 Å². The van der Waals surface area contributed by atoms with Gasteiger partial charge in [-0.25, -0.2) is 4.98 Å². The normalized spacial score (nSPS) is 20.3. The summed E-state index contributed by atoms with van der Waals surface area (Å²) in [7, 11) is 0. The molecule has 0 radical (unpaired) electrons. The SMILES string of the molecule is Cc1cc2c(cc1C(=O)N1CCC3(CCN(Cc4ccccc4)CC3)CC1)[nH]c(=O)c1cnc(C3CCOCC3)n12. The van der Waals surface area contributed by atoms with Crippen LogP contribution in [-0.4, -0.2) is 69.5 Å². The molecule has 3 aliphatic heterocycles. The Bertz CT molecular complexity index is 1620. The molecule has 0 aliphatic carbocycles. The van der Waals surface area contributed by atoms with Crippen molar-refractivity contribution in [3.63, 3.8) is 0 Å². The number of rotatable bonds is 4. The summed E-state index contributed by atoms with van der Waals surface area (Å²) < 4.78 is 7.55. The number of piperidine rings is 2. The van der Waals surface area contributed by atoms with Gasteiger partial charge >= 0.3 is 0 Å². The molecule has 3 saturated heterocycles. The molecule has 8 nitrogen and oxygen atoms in total. The summed E-state index contributed by atoms with van der Waals surface area (Å²) in [4.78, 5) is 39.1. The summed E-state index contributed by atoms with van der Waals surface area (Å²) in [6.45, 7) is 8.27. The van der Waals surface area contributed by atoms with Gasteiger partial charge in [-0.15, -0.1) is 0 Å². The van der Waals surface area contributed by atoms with Crippen molar-refractivity contribution in [2.24, 2.45) is 5.41 Å². The molecule has 0 unspecified atom stereocenters. The number of benzene rings is 2. The lowest BCUT2D eigenvalue weighted by Gasteiger charge is -2.47. The molecular formula is C33H39N5O3. The van der Waals surface area contributed by atoms with E-state index in [1.807, 2.05) is 28.4 Å². The zero-order valence-corrected chi connectivity index (χ0v) is 23.9. The number of carbonyl (C=O) groups is 1. The molecule has 3 aliphatic rings. The van der Waals surface area contributed by atoms with Crippen molar-refractivity contribution in [3.8, 4) is 0 Å². The molecule has 1 amide bonds. The van der Waals surface area contributed by atoms with Gasteiger partial charge in [-0.3, -0.25) is 18.9 Å². The van der Waals surface area contributed by atoms with Gasteiger partial charge in [-0.1, -0.05) is 30.3 Å². The molecule has 2 aromatic carbocycles. The third kappa shape index (κ3) is 4.97. The minimum atomic E-state index is -0.177. The maximum atomic E-state index is 13.8. The number of hydrogen-bond acceptors (Lipinski definition) is 5. The Balaban J connectivity index is 1.07. The van der Waals surface area contributed by atoms with Crippen LogP contribution in [0.1, 0.15) is 71.8 Å². The maximum Gasteiger partial charge on any atom is 0.274 e. The number of aromatic amines is 1. The van der Waals surface area contributed by atoms with Gasteiger partial charge < -0.3 is 14.6 Å². The second-order valence-corrected chi connectivity index (χ2v) is 12.4. The van der Waals surface area contributed by atoms with E-state index in [0.717, 1.165) is 75.3 Å². The lowest BCUT2D eigenvalue weighted by Crippen LogP contribution is -2.48. The zero-order chi connectivity index (χ0) is 28.0. The summed E-state index contributed by atoms with van der Waals surface area (Å²) >= 11 is 0. The van der Waals surface area contributed by atoms with Crippen LogP contribution in [-0.2, 0) is 11.3 Å². The summed E-state index contributed by atoms with van der Waals surface area (Å²) in [6.07, 6.45) is 7.99. The van der Waals surface area contributed by atoms with Gasteiger partial charge in [0.25, 0.3) is 11.5 Å². The Morgan fingerprint density at radius 3 is 2.44 bits per heavy atom. The number of imidazole rings is 1. The third-order valence-electron chi connectivity index (χ3n) is 9.95. The molecule has 4 aromatic rings. The first-order valence-electron chi connectivity index (χ1n) is 15.2. The van der Waals surface area contributed by atoms with Gasteiger partial charge in [0.1, 0.15) is 11.3 Å². The van der Waals surface area contributed by atoms with Gasteiger partial charge in [-0.2, -0.15) is 0 Å². The fraction of sp³-hybridized carbons (Fsp3) is 0.485. The predicted molar refractivity (Wildman–Crippen MR) is 159 cm³/mol. The number of nitrogens with zero attached hydrogens (tertiary/aromatic N) is 4. The van der Waals surface area contributed by atoms with E-state index in [9.17, 15) is 9.59 Å². The highest BCUT2D eigenvalue weighted by atomic mass is 16.5. The first kappa shape index (κ1) is 26.4. The van der Waals surface area contributed by atoms with Gasteiger partial charge in [0.15, 0.2) is 0 Å². The Morgan fingerprint density at radius 2 is 1.71 bits per heavy atom. The molecule has 0 bridgehead atoms. The number of fused-ring (bicyclic) bond motifs is 3. The van der Waals surface area contributed by atoms with E-state index < -0.39 is 0 Å². The quantitative estimate of drug-likeness (QED) is 0.389. The molecule has 41 heavy (non-hydrogen) atoms. The molecule has 7 rings (SSSR count). The van der Waals surface area contributed by atoms with Crippen LogP contribution in [0.4, 0.5) is 0 Å². The molecule has 2 aromatic heterocycles. The van der Waals surface area contributed by atoms with Crippen molar-refractivity contribution in [1.82, 2.24) is 24.2 Å². The summed E-state index contributed by atoms with van der Waals surface area (Å²) in [5.41, 5.74) is 5.28. The topological polar surface area (TPSA) is 82.9 Å². The lowest BCUT2D eigenvalue weighted by atomic mass is 9.71. The average Bonchev–Trinajstić information content (AvgIpc) is 3.46. The van der Waals surface area contributed by atoms with E-state index in [2.05, 4.69) is 45.2 Å². The Hall–Kier alpha value is -3.49. The van der Waals surface area contributed by atoms with E-state index in [4.69, 9.17) is 4.74 Å². The van der Waals surface area contributed by atoms with Crippen molar-refractivity contribution in [1.29, 1.82) is 0 Å². The van der Waals surface area contributed by atoms with Crippen LogP contribution in [0.15, 0.2) is 53.5 Å². The van der Waals surface area contributed by atoms with Gasteiger partial charge in [0.2, 0.25) is 0 Å². The van der Waals surface area contributed by atoms with E-state index in [1.165, 1.54) is 18.4 Å². The molecule has 3 fully saturated rings. The van der Waals surface area contributed by atoms with E-state index in [-0.39, 0.29) is 17.4 Å². The minimum Gasteiger partial charge on any atom is -0.381 e. The summed E-state index contributed by atoms with van der Waals surface area (Å²) in [5.74, 6) is 1.23. The van der Waals surface area contributed by atoms with Crippen molar-refractivity contribution >= 4 is 22.5 Å². The van der Waals surface area contributed by atoms with E-state index in [0.29, 0.717) is 35.2 Å². The fourth-order valence-corrected chi connectivity index (χ4v) is 7.30. The highest BCUT2D eigenvalue weighted by Crippen LogP contribution is 2.42.